The number of aromatic nitrogens is 2. The summed E-state index contributed by atoms with van der Waals surface area (Å²) in [6.45, 7) is 3.85. The summed E-state index contributed by atoms with van der Waals surface area (Å²) in [4.78, 5) is 11.1. The fraction of sp³-hybridized carbons (Fsp3) is 0.333. The highest BCUT2D eigenvalue weighted by atomic mass is 79.9. The normalized spacial score (nSPS) is 10.8. The van der Waals surface area contributed by atoms with Crippen LogP contribution in [-0.2, 0) is 7.05 Å². The number of halogens is 1. The van der Waals surface area contributed by atoms with Crippen LogP contribution in [0.25, 0.3) is 11.3 Å². The Kier molecular flexibility index (Phi) is 4.75. The molecule has 2 rings (SSSR count). The van der Waals surface area contributed by atoms with Gasteiger partial charge in [0.15, 0.2) is 17.2 Å². The minimum Gasteiger partial charge on any atom is -0.493 e. The van der Waals surface area contributed by atoms with Gasteiger partial charge in [-0.15, -0.1) is 0 Å². The van der Waals surface area contributed by atoms with Crippen molar-refractivity contribution in [2.24, 2.45) is 7.05 Å². The average molecular weight is 369 g/mol. The lowest BCUT2D eigenvalue weighted by atomic mass is 10.1. The van der Waals surface area contributed by atoms with Gasteiger partial charge in [0.2, 0.25) is 0 Å². The Labute approximate surface area is 136 Å². The van der Waals surface area contributed by atoms with Crippen LogP contribution in [0.5, 0.6) is 11.5 Å². The second kappa shape index (κ2) is 6.39. The summed E-state index contributed by atoms with van der Waals surface area (Å²) in [5.74, 6) is 0.129. The Balaban J connectivity index is 2.57. The van der Waals surface area contributed by atoms with E-state index in [0.717, 1.165) is 10.0 Å². The maximum atomic E-state index is 11.1. The van der Waals surface area contributed by atoms with Crippen molar-refractivity contribution >= 4 is 21.9 Å². The zero-order valence-corrected chi connectivity index (χ0v) is 14.3. The third-order valence-electron chi connectivity index (χ3n) is 2.99. The first-order valence-corrected chi connectivity index (χ1v) is 7.44. The lowest BCUT2D eigenvalue weighted by Gasteiger charge is -2.16. The van der Waals surface area contributed by atoms with E-state index < -0.39 is 5.97 Å². The van der Waals surface area contributed by atoms with Crippen LogP contribution >= 0.6 is 15.9 Å². The van der Waals surface area contributed by atoms with E-state index in [2.05, 4.69) is 21.0 Å². The molecule has 118 valence electrons. The van der Waals surface area contributed by atoms with Crippen molar-refractivity contribution in [1.29, 1.82) is 0 Å². The van der Waals surface area contributed by atoms with Crippen molar-refractivity contribution in [3.05, 3.63) is 28.4 Å². The topological polar surface area (TPSA) is 73.6 Å². The molecule has 1 heterocycles. The molecule has 0 atom stereocenters. The highest BCUT2D eigenvalue weighted by Crippen LogP contribution is 2.39. The number of carbonyl (C=O) groups is 1. The summed E-state index contributed by atoms with van der Waals surface area (Å²) in [6.07, 6.45) is -0.0101. The van der Waals surface area contributed by atoms with Crippen LogP contribution < -0.4 is 9.47 Å². The third-order valence-corrected chi connectivity index (χ3v) is 3.65. The zero-order valence-electron chi connectivity index (χ0n) is 12.8. The van der Waals surface area contributed by atoms with Gasteiger partial charge in [0.1, 0.15) is 0 Å². The third kappa shape index (κ3) is 3.24. The van der Waals surface area contributed by atoms with Crippen LogP contribution in [0.4, 0.5) is 0 Å². The monoisotopic (exact) mass is 368 g/mol. The van der Waals surface area contributed by atoms with E-state index in [1.807, 2.05) is 19.9 Å². The molecule has 0 aliphatic heterocycles. The van der Waals surface area contributed by atoms with Gasteiger partial charge in [-0.05, 0) is 48.0 Å². The summed E-state index contributed by atoms with van der Waals surface area (Å²) < 4.78 is 13.4. The van der Waals surface area contributed by atoms with Crippen molar-refractivity contribution in [3.8, 4) is 22.8 Å². The molecule has 1 aromatic heterocycles. The van der Waals surface area contributed by atoms with Crippen LogP contribution in [0.15, 0.2) is 22.7 Å². The van der Waals surface area contributed by atoms with E-state index in [9.17, 15) is 4.79 Å². The van der Waals surface area contributed by atoms with Crippen molar-refractivity contribution < 1.29 is 19.4 Å². The largest absolute Gasteiger partial charge is 0.493 e. The minimum atomic E-state index is -1.06. The Morgan fingerprint density at radius 2 is 2.00 bits per heavy atom. The van der Waals surface area contributed by atoms with E-state index in [-0.39, 0.29) is 11.8 Å². The molecule has 22 heavy (non-hydrogen) atoms. The molecular weight excluding hydrogens is 352 g/mol. The SMILES string of the molecule is COc1cc(Br)c(-c2cc(C(=O)O)nn2C)cc1OC(C)C. The molecule has 0 radical (unpaired) electrons. The number of aryl methyl sites for hydroxylation is 1. The van der Waals surface area contributed by atoms with Crippen LogP contribution in [0.3, 0.4) is 0 Å². The smallest absolute Gasteiger partial charge is 0.356 e. The molecule has 0 aliphatic rings. The maximum Gasteiger partial charge on any atom is 0.356 e. The predicted octanol–water partition coefficient (Wildman–Crippen LogP) is 3.34. The van der Waals surface area contributed by atoms with Crippen molar-refractivity contribution in [2.45, 2.75) is 20.0 Å². The first-order valence-electron chi connectivity index (χ1n) is 6.65. The number of methoxy groups -OCH3 is 1. The van der Waals surface area contributed by atoms with Crippen molar-refractivity contribution in [3.63, 3.8) is 0 Å². The number of ether oxygens (including phenoxy) is 2. The van der Waals surface area contributed by atoms with E-state index in [1.54, 1.807) is 20.2 Å². The predicted molar refractivity (Wildman–Crippen MR) is 85.6 cm³/mol. The summed E-state index contributed by atoms with van der Waals surface area (Å²) in [5, 5.41) is 13.0. The van der Waals surface area contributed by atoms with E-state index in [0.29, 0.717) is 17.2 Å². The Bertz CT molecular complexity index is 710. The molecular formula is C15H17BrN2O4. The van der Waals surface area contributed by atoms with Crippen LogP contribution in [0, 0.1) is 0 Å². The van der Waals surface area contributed by atoms with Gasteiger partial charge in [0.25, 0.3) is 0 Å². The van der Waals surface area contributed by atoms with E-state index >= 15 is 0 Å². The van der Waals surface area contributed by atoms with Crippen LogP contribution in [0.2, 0.25) is 0 Å². The van der Waals surface area contributed by atoms with Gasteiger partial charge in [0, 0.05) is 17.1 Å². The van der Waals surface area contributed by atoms with Gasteiger partial charge in [-0.2, -0.15) is 5.10 Å². The summed E-state index contributed by atoms with van der Waals surface area (Å²) in [6, 6.07) is 5.13. The number of carboxylic acids is 1. The molecule has 0 aliphatic carbocycles. The Hall–Kier alpha value is -2.02. The van der Waals surface area contributed by atoms with Crippen LogP contribution in [0.1, 0.15) is 24.3 Å². The molecule has 7 heteroatoms. The first-order chi connectivity index (χ1) is 10.3. The maximum absolute atomic E-state index is 11.1. The molecule has 0 fully saturated rings. The quantitative estimate of drug-likeness (QED) is 0.875. The molecule has 1 N–H and O–H groups in total. The molecule has 1 aromatic carbocycles. The number of nitrogens with zero attached hydrogens (tertiary/aromatic N) is 2. The lowest BCUT2D eigenvalue weighted by Crippen LogP contribution is -2.07. The van der Waals surface area contributed by atoms with Gasteiger partial charge in [0.05, 0.1) is 18.9 Å². The first kappa shape index (κ1) is 16.4. The Morgan fingerprint density at radius 1 is 1.32 bits per heavy atom. The fourth-order valence-electron chi connectivity index (χ4n) is 2.06. The standard InChI is InChI=1S/C15H17BrN2O4/c1-8(2)22-14-5-9(10(16)6-13(14)21-4)12-7-11(15(19)20)17-18(12)3/h5-8H,1-4H3,(H,19,20). The molecule has 2 aromatic rings. The molecule has 6 nitrogen and oxygen atoms in total. The van der Waals surface area contributed by atoms with Crippen molar-refractivity contribution in [2.75, 3.05) is 7.11 Å². The second-order valence-electron chi connectivity index (χ2n) is 4.99. The second-order valence-corrected chi connectivity index (χ2v) is 5.85. The van der Waals surface area contributed by atoms with Gasteiger partial charge in [-0.1, -0.05) is 0 Å². The van der Waals surface area contributed by atoms with Gasteiger partial charge in [-0.3, -0.25) is 4.68 Å². The average Bonchev–Trinajstić information content (AvgIpc) is 2.82. The summed E-state index contributed by atoms with van der Waals surface area (Å²) in [7, 11) is 3.27. The summed E-state index contributed by atoms with van der Waals surface area (Å²) in [5.41, 5.74) is 1.44. The molecule has 0 bridgehead atoms. The van der Waals surface area contributed by atoms with E-state index in [1.165, 1.54) is 10.7 Å². The van der Waals surface area contributed by atoms with Gasteiger partial charge >= 0.3 is 5.97 Å². The van der Waals surface area contributed by atoms with Gasteiger partial charge < -0.3 is 14.6 Å². The molecule has 0 unspecified atom stereocenters. The molecule has 0 spiro atoms. The highest BCUT2D eigenvalue weighted by Gasteiger charge is 2.18. The molecule has 0 saturated carbocycles. The zero-order chi connectivity index (χ0) is 16.4. The number of carboxylic acid groups (broad SMARTS) is 1. The number of hydrogen-bond donors (Lipinski definition) is 1. The minimum absolute atomic E-state index is 0.00783. The highest BCUT2D eigenvalue weighted by molar-refractivity contribution is 9.10. The van der Waals surface area contributed by atoms with Gasteiger partial charge in [-0.25, -0.2) is 4.79 Å². The lowest BCUT2D eigenvalue weighted by molar-refractivity contribution is 0.0689. The number of aromatic carboxylic acids is 1. The number of rotatable bonds is 5. The Morgan fingerprint density at radius 3 is 2.50 bits per heavy atom. The summed E-state index contributed by atoms with van der Waals surface area (Å²) >= 11 is 3.48. The molecule has 0 saturated heterocycles. The van der Waals surface area contributed by atoms with E-state index in [4.69, 9.17) is 14.6 Å². The number of hydrogen-bond acceptors (Lipinski definition) is 4. The van der Waals surface area contributed by atoms with Crippen molar-refractivity contribution in [1.82, 2.24) is 9.78 Å². The van der Waals surface area contributed by atoms with Crippen LogP contribution in [-0.4, -0.2) is 34.1 Å². The molecule has 0 amide bonds. The fourth-order valence-corrected chi connectivity index (χ4v) is 2.59. The number of benzene rings is 1.